The molecule has 1 rings (SSSR count). The van der Waals surface area contributed by atoms with Gasteiger partial charge in [0.05, 0.1) is 5.02 Å². The Kier molecular flexibility index (Phi) is 3.91. The van der Waals surface area contributed by atoms with Gasteiger partial charge in [0.25, 0.3) is 0 Å². The van der Waals surface area contributed by atoms with Gasteiger partial charge in [0.1, 0.15) is 5.84 Å². The Balaban J connectivity index is 2.88. The second kappa shape index (κ2) is 4.98. The van der Waals surface area contributed by atoms with E-state index in [1.807, 2.05) is 0 Å². The van der Waals surface area contributed by atoms with Gasteiger partial charge in [-0.3, -0.25) is 5.41 Å². The third-order valence-corrected chi connectivity index (χ3v) is 2.19. The third kappa shape index (κ3) is 2.83. The Hall–Kier alpha value is -1.29. The van der Waals surface area contributed by atoms with Crippen LogP contribution in [0.1, 0.15) is 13.3 Å². The zero-order chi connectivity index (χ0) is 11.4. The van der Waals surface area contributed by atoms with Crippen LogP contribution in [0.3, 0.4) is 0 Å². The Morgan fingerprint density at radius 1 is 1.67 bits per heavy atom. The molecule has 5 heteroatoms. The van der Waals surface area contributed by atoms with Crippen molar-refractivity contribution in [3.63, 3.8) is 0 Å². The van der Waals surface area contributed by atoms with E-state index in [1.54, 1.807) is 13.0 Å². The van der Waals surface area contributed by atoms with Crippen molar-refractivity contribution in [2.75, 3.05) is 0 Å². The Morgan fingerprint density at radius 2 is 2.33 bits per heavy atom. The number of nitrogens with one attached hydrogen (secondary N) is 1. The van der Waals surface area contributed by atoms with Crippen LogP contribution in [0.2, 0.25) is 5.02 Å². The van der Waals surface area contributed by atoms with Gasteiger partial charge in [-0.2, -0.15) is 0 Å². The molecular formula is C10H12ClFN2O. The highest BCUT2D eigenvalue weighted by atomic mass is 35.5. The molecule has 82 valence electrons. The fourth-order valence-electron chi connectivity index (χ4n) is 1.10. The summed E-state index contributed by atoms with van der Waals surface area (Å²) in [5.74, 6) is -0.736. The summed E-state index contributed by atoms with van der Waals surface area (Å²) >= 11 is 5.58. The highest BCUT2D eigenvalue weighted by molar-refractivity contribution is 6.30. The van der Waals surface area contributed by atoms with Crippen LogP contribution >= 0.6 is 11.6 Å². The van der Waals surface area contributed by atoms with Crippen LogP contribution < -0.4 is 10.5 Å². The van der Waals surface area contributed by atoms with Gasteiger partial charge < -0.3 is 10.5 Å². The van der Waals surface area contributed by atoms with Crippen molar-refractivity contribution in [3.8, 4) is 5.75 Å². The molecule has 0 aliphatic rings. The number of hydrogen-bond acceptors (Lipinski definition) is 2. The molecule has 0 spiro atoms. The SMILES string of the molecule is CCC(Oc1cccc(Cl)c1F)C(=N)N. The number of hydrogen-bond donors (Lipinski definition) is 2. The molecule has 0 amide bonds. The smallest absolute Gasteiger partial charge is 0.183 e. The molecule has 0 bridgehead atoms. The highest BCUT2D eigenvalue weighted by Crippen LogP contribution is 2.25. The van der Waals surface area contributed by atoms with E-state index in [9.17, 15) is 4.39 Å². The first-order valence-corrected chi connectivity index (χ1v) is 4.88. The molecule has 1 unspecified atom stereocenters. The van der Waals surface area contributed by atoms with E-state index in [1.165, 1.54) is 12.1 Å². The standard InChI is InChI=1S/C10H12ClFN2O/c1-2-7(10(13)14)15-8-5-3-4-6(11)9(8)12/h3-5,7H,2H2,1H3,(H3,13,14). The predicted octanol–water partition coefficient (Wildman–Crippen LogP) is 2.57. The molecule has 0 saturated heterocycles. The Bertz CT molecular complexity index is 370. The van der Waals surface area contributed by atoms with E-state index < -0.39 is 11.9 Å². The first-order valence-electron chi connectivity index (χ1n) is 4.50. The van der Waals surface area contributed by atoms with Gasteiger partial charge in [-0.15, -0.1) is 0 Å². The zero-order valence-electron chi connectivity index (χ0n) is 8.26. The van der Waals surface area contributed by atoms with Gasteiger partial charge in [0.15, 0.2) is 17.7 Å². The van der Waals surface area contributed by atoms with E-state index in [0.29, 0.717) is 6.42 Å². The molecule has 0 saturated carbocycles. The fourth-order valence-corrected chi connectivity index (χ4v) is 1.26. The van der Waals surface area contributed by atoms with Crippen LogP contribution in [-0.4, -0.2) is 11.9 Å². The molecule has 1 atom stereocenters. The van der Waals surface area contributed by atoms with Gasteiger partial charge in [-0.05, 0) is 18.6 Å². The first kappa shape index (κ1) is 11.8. The molecule has 3 N–H and O–H groups in total. The van der Waals surface area contributed by atoms with Crippen LogP contribution in [0.4, 0.5) is 4.39 Å². The predicted molar refractivity (Wildman–Crippen MR) is 58.0 cm³/mol. The molecule has 0 radical (unpaired) electrons. The molecule has 1 aromatic carbocycles. The van der Waals surface area contributed by atoms with Gasteiger partial charge in [0, 0.05) is 0 Å². The molecule has 0 aromatic heterocycles. The fraction of sp³-hybridized carbons (Fsp3) is 0.300. The number of amidine groups is 1. The molecule has 0 fully saturated rings. The lowest BCUT2D eigenvalue weighted by Crippen LogP contribution is -2.32. The maximum absolute atomic E-state index is 13.4. The highest BCUT2D eigenvalue weighted by Gasteiger charge is 2.15. The monoisotopic (exact) mass is 230 g/mol. The summed E-state index contributed by atoms with van der Waals surface area (Å²) in [6.07, 6.45) is -0.112. The molecule has 0 aliphatic carbocycles. The molecule has 3 nitrogen and oxygen atoms in total. The number of benzene rings is 1. The van der Waals surface area contributed by atoms with Gasteiger partial charge in [-0.25, -0.2) is 4.39 Å². The number of ether oxygens (including phenoxy) is 1. The van der Waals surface area contributed by atoms with E-state index >= 15 is 0 Å². The largest absolute Gasteiger partial charge is 0.479 e. The van der Waals surface area contributed by atoms with Crippen molar-refractivity contribution >= 4 is 17.4 Å². The maximum Gasteiger partial charge on any atom is 0.183 e. The summed E-state index contributed by atoms with van der Waals surface area (Å²) in [4.78, 5) is 0. The van der Waals surface area contributed by atoms with Gasteiger partial charge >= 0.3 is 0 Å². The second-order valence-corrected chi connectivity index (χ2v) is 3.43. The normalized spacial score (nSPS) is 12.2. The first-order chi connectivity index (χ1) is 7.06. The average Bonchev–Trinajstić information content (AvgIpc) is 2.19. The topological polar surface area (TPSA) is 59.1 Å². The van der Waals surface area contributed by atoms with Crippen molar-refractivity contribution in [2.45, 2.75) is 19.4 Å². The van der Waals surface area contributed by atoms with Crippen molar-refractivity contribution in [3.05, 3.63) is 29.0 Å². The van der Waals surface area contributed by atoms with Crippen LogP contribution in [0, 0.1) is 11.2 Å². The van der Waals surface area contributed by atoms with Crippen molar-refractivity contribution in [1.29, 1.82) is 5.41 Å². The summed E-state index contributed by atoms with van der Waals surface area (Å²) in [5.41, 5.74) is 5.29. The minimum atomic E-state index is -0.626. The lowest BCUT2D eigenvalue weighted by atomic mass is 10.2. The summed E-state index contributed by atoms with van der Waals surface area (Å²) in [6.45, 7) is 1.80. The minimum Gasteiger partial charge on any atom is -0.479 e. The zero-order valence-corrected chi connectivity index (χ0v) is 9.01. The van der Waals surface area contributed by atoms with E-state index in [0.717, 1.165) is 0 Å². The Morgan fingerprint density at radius 3 is 2.87 bits per heavy atom. The van der Waals surface area contributed by atoms with Gasteiger partial charge in [0.2, 0.25) is 0 Å². The lowest BCUT2D eigenvalue weighted by Gasteiger charge is -2.16. The second-order valence-electron chi connectivity index (χ2n) is 3.02. The summed E-state index contributed by atoms with van der Waals surface area (Å²) < 4.78 is 18.6. The van der Waals surface area contributed by atoms with Crippen molar-refractivity contribution in [2.24, 2.45) is 5.73 Å². The van der Waals surface area contributed by atoms with E-state index in [-0.39, 0.29) is 16.6 Å². The number of rotatable bonds is 4. The number of halogens is 2. The maximum atomic E-state index is 13.4. The minimum absolute atomic E-state index is 0.00842. The van der Waals surface area contributed by atoms with Crippen molar-refractivity contribution < 1.29 is 9.13 Å². The van der Waals surface area contributed by atoms with E-state index in [4.69, 9.17) is 27.5 Å². The molecule has 0 aliphatic heterocycles. The summed E-state index contributed by atoms with van der Waals surface area (Å²) in [5, 5.41) is 7.21. The molecule has 1 aromatic rings. The van der Waals surface area contributed by atoms with E-state index in [2.05, 4.69) is 0 Å². The van der Waals surface area contributed by atoms with Crippen LogP contribution in [-0.2, 0) is 0 Å². The molecule has 15 heavy (non-hydrogen) atoms. The molecular weight excluding hydrogens is 219 g/mol. The average molecular weight is 231 g/mol. The van der Waals surface area contributed by atoms with Crippen LogP contribution in [0.25, 0.3) is 0 Å². The third-order valence-electron chi connectivity index (χ3n) is 1.90. The summed E-state index contributed by atoms with van der Waals surface area (Å²) in [6, 6.07) is 4.46. The summed E-state index contributed by atoms with van der Waals surface area (Å²) in [7, 11) is 0. The quantitative estimate of drug-likeness (QED) is 0.617. The Labute approximate surface area is 92.5 Å². The van der Waals surface area contributed by atoms with Crippen LogP contribution in [0.15, 0.2) is 18.2 Å². The molecule has 0 heterocycles. The lowest BCUT2D eigenvalue weighted by molar-refractivity contribution is 0.248. The van der Waals surface area contributed by atoms with Crippen molar-refractivity contribution in [1.82, 2.24) is 0 Å². The van der Waals surface area contributed by atoms with Gasteiger partial charge in [-0.1, -0.05) is 24.6 Å². The number of nitrogens with two attached hydrogens (primary N) is 1. The van der Waals surface area contributed by atoms with Crippen LogP contribution in [0.5, 0.6) is 5.75 Å².